The smallest absolute Gasteiger partial charge is 0.343 e. The van der Waals surface area contributed by atoms with E-state index < -0.39 is 11.9 Å². The second-order valence-electron chi connectivity index (χ2n) is 14.6. The monoisotopic (exact) mass is 812 g/mol. The first-order valence-corrected chi connectivity index (χ1v) is 20.7. The Bertz CT molecular complexity index is 2100. The average Bonchev–Trinajstić information content (AvgIpc) is 3.28. The topological polar surface area (TPSA) is 114 Å². The molecule has 10 nitrogen and oxygen atoms in total. The lowest BCUT2D eigenvalue weighted by Crippen LogP contribution is -2.15. The van der Waals surface area contributed by atoms with Gasteiger partial charge in [0.15, 0.2) is 0 Å². The third-order valence-electron chi connectivity index (χ3n) is 9.30. The Labute approximate surface area is 354 Å². The van der Waals surface area contributed by atoms with E-state index in [1.54, 1.807) is 79.2 Å². The molecule has 0 saturated carbocycles. The molecule has 0 unspecified atom stereocenters. The van der Waals surface area contributed by atoms with Gasteiger partial charge in [-0.1, -0.05) is 70.9 Å². The molecule has 0 aromatic heterocycles. The molecule has 0 N–H and O–H groups in total. The van der Waals surface area contributed by atoms with Crippen LogP contribution >= 0.6 is 0 Å². The van der Waals surface area contributed by atoms with E-state index in [2.05, 4.69) is 37.7 Å². The summed E-state index contributed by atoms with van der Waals surface area (Å²) >= 11 is 0. The molecule has 0 aliphatic carbocycles. The minimum atomic E-state index is -0.547. The Morgan fingerprint density at radius 2 is 1.02 bits per heavy atom. The molecular weight excluding hydrogens is 757 g/mol. The number of carbonyl (C=O) groups is 2. The van der Waals surface area contributed by atoms with Crippen LogP contribution in [0.4, 0.5) is 11.4 Å². The molecule has 0 saturated heterocycles. The van der Waals surface area contributed by atoms with E-state index in [1.165, 1.54) is 6.07 Å². The van der Waals surface area contributed by atoms with Crippen LogP contribution in [-0.2, 0) is 9.47 Å². The van der Waals surface area contributed by atoms with Crippen LogP contribution in [0.2, 0.25) is 0 Å². The first kappa shape index (κ1) is 45.0. The molecule has 0 radical (unpaired) electrons. The van der Waals surface area contributed by atoms with Gasteiger partial charge >= 0.3 is 11.9 Å². The van der Waals surface area contributed by atoms with Crippen molar-refractivity contribution in [2.75, 3.05) is 39.6 Å². The van der Waals surface area contributed by atoms with Gasteiger partial charge in [-0.2, -0.15) is 0 Å². The summed E-state index contributed by atoms with van der Waals surface area (Å²) in [5.74, 6) is 1.83. The molecular formula is C50H56N2O8. The zero-order valence-electron chi connectivity index (χ0n) is 35.1. The van der Waals surface area contributed by atoms with Crippen LogP contribution in [0, 0.1) is 11.8 Å². The number of aliphatic imine (C=N–C) groups is 2. The maximum atomic E-state index is 12.9. The summed E-state index contributed by atoms with van der Waals surface area (Å²) in [5, 5.41) is 0. The summed E-state index contributed by atoms with van der Waals surface area (Å²) in [4.78, 5) is 35.0. The van der Waals surface area contributed by atoms with Crippen LogP contribution in [0.5, 0.6) is 23.0 Å². The van der Waals surface area contributed by atoms with Crippen molar-refractivity contribution in [3.8, 4) is 23.0 Å². The lowest BCUT2D eigenvalue weighted by molar-refractivity contribution is 0.0732. The van der Waals surface area contributed by atoms with Gasteiger partial charge in [0.05, 0.1) is 42.3 Å². The summed E-state index contributed by atoms with van der Waals surface area (Å²) in [5.41, 5.74) is 3.91. The van der Waals surface area contributed by atoms with E-state index >= 15 is 0 Å². The van der Waals surface area contributed by atoms with Crippen molar-refractivity contribution in [1.82, 2.24) is 0 Å². The van der Waals surface area contributed by atoms with Crippen LogP contribution in [0.25, 0.3) is 0 Å². The number of hydrogen-bond acceptors (Lipinski definition) is 10. The first-order chi connectivity index (χ1) is 29.3. The van der Waals surface area contributed by atoms with E-state index in [0.29, 0.717) is 49.4 Å². The van der Waals surface area contributed by atoms with Crippen LogP contribution in [0.3, 0.4) is 0 Å². The van der Waals surface area contributed by atoms with Crippen molar-refractivity contribution in [2.45, 2.75) is 53.4 Å². The van der Waals surface area contributed by atoms with E-state index in [9.17, 15) is 9.59 Å². The van der Waals surface area contributed by atoms with Gasteiger partial charge in [-0.3, -0.25) is 9.98 Å². The second kappa shape index (κ2) is 24.7. The fourth-order valence-electron chi connectivity index (χ4n) is 5.47. The number of unbranched alkanes of at least 4 members (excludes halogenated alkanes) is 1. The SMILES string of the molecule is CCCCOC[C@H](C)COc1ccc(N=Cc2ccc(C(=O)Oc3cccc(OC(=O)c4ccc(C=Nc5ccc(OCCCOC[C@@H](C)CC)cc5)cc4)c3)cc2)cc1. The molecule has 0 spiro atoms. The molecule has 5 rings (SSSR count). The zero-order valence-corrected chi connectivity index (χ0v) is 35.1. The highest BCUT2D eigenvalue weighted by Crippen LogP contribution is 2.23. The van der Waals surface area contributed by atoms with Crippen molar-refractivity contribution >= 4 is 35.7 Å². The summed E-state index contributed by atoms with van der Waals surface area (Å²) in [6, 6.07) is 35.4. The lowest BCUT2D eigenvalue weighted by Gasteiger charge is -2.13. The molecule has 314 valence electrons. The molecule has 0 aliphatic rings. The Hall–Kier alpha value is -6.10. The van der Waals surface area contributed by atoms with E-state index in [0.717, 1.165) is 72.9 Å². The van der Waals surface area contributed by atoms with Crippen molar-refractivity contribution in [3.05, 3.63) is 144 Å². The Morgan fingerprint density at radius 1 is 0.533 bits per heavy atom. The number of ether oxygens (including phenoxy) is 6. The standard InChI is InChI=1S/C50H56N2O8/c1-5-7-28-55-35-38(4)36-58-46-26-22-44(23-27-46)52-33-40-14-18-42(19-15-40)50(54)60-48-11-8-10-47(31-48)59-49(53)41-16-12-39(13-17-41)32-51-43-20-24-45(25-21-43)57-30-9-29-56-34-37(3)6-2/h8,10-27,31-33,37-38H,5-7,9,28-30,34-36H2,1-4H3/t37-,38-/m0/s1. The van der Waals surface area contributed by atoms with Gasteiger partial charge in [-0.15, -0.1) is 0 Å². The fraction of sp³-hybridized carbons (Fsp3) is 0.320. The van der Waals surface area contributed by atoms with E-state index in [-0.39, 0.29) is 11.5 Å². The molecule has 10 heteroatoms. The number of hydrogen-bond donors (Lipinski definition) is 0. The number of rotatable bonds is 24. The normalized spacial score (nSPS) is 12.3. The molecule has 60 heavy (non-hydrogen) atoms. The van der Waals surface area contributed by atoms with Crippen molar-refractivity contribution in [1.29, 1.82) is 0 Å². The average molecular weight is 813 g/mol. The van der Waals surface area contributed by atoms with Crippen LogP contribution in [0.1, 0.15) is 85.2 Å². The van der Waals surface area contributed by atoms with Gasteiger partial charge in [0.25, 0.3) is 0 Å². The third-order valence-corrected chi connectivity index (χ3v) is 9.30. The predicted octanol–water partition coefficient (Wildman–Crippen LogP) is 11.3. The lowest BCUT2D eigenvalue weighted by atomic mass is 10.1. The maximum Gasteiger partial charge on any atom is 0.343 e. The Morgan fingerprint density at radius 3 is 1.52 bits per heavy atom. The highest BCUT2D eigenvalue weighted by molar-refractivity contribution is 5.93. The second-order valence-corrected chi connectivity index (χ2v) is 14.6. The van der Waals surface area contributed by atoms with Gasteiger partial charge in [-0.25, -0.2) is 9.59 Å². The summed E-state index contributed by atoms with van der Waals surface area (Å²) in [7, 11) is 0. The van der Waals surface area contributed by atoms with Crippen LogP contribution in [0.15, 0.2) is 131 Å². The summed E-state index contributed by atoms with van der Waals surface area (Å²) in [6.07, 6.45) is 7.60. The van der Waals surface area contributed by atoms with Gasteiger partial charge in [0.2, 0.25) is 0 Å². The third kappa shape index (κ3) is 15.9. The number of esters is 2. The minimum Gasteiger partial charge on any atom is -0.494 e. The van der Waals surface area contributed by atoms with Gasteiger partial charge in [-0.05, 0) is 108 Å². The molecule has 0 heterocycles. The largest absolute Gasteiger partial charge is 0.494 e. The molecule has 0 fully saturated rings. The molecule has 2 atom stereocenters. The number of nitrogens with zero attached hydrogens (tertiary/aromatic N) is 2. The predicted molar refractivity (Wildman–Crippen MR) is 237 cm³/mol. The van der Waals surface area contributed by atoms with Crippen LogP contribution in [-0.4, -0.2) is 64.0 Å². The molecule has 5 aromatic rings. The van der Waals surface area contributed by atoms with E-state index in [4.69, 9.17) is 28.4 Å². The van der Waals surface area contributed by atoms with Gasteiger partial charge in [0, 0.05) is 50.7 Å². The molecule has 0 amide bonds. The molecule has 5 aromatic carbocycles. The maximum absolute atomic E-state index is 12.9. The highest BCUT2D eigenvalue weighted by Gasteiger charge is 2.13. The zero-order chi connectivity index (χ0) is 42.4. The molecule has 0 aliphatic heterocycles. The number of carbonyl (C=O) groups excluding carboxylic acids is 2. The highest BCUT2D eigenvalue weighted by atomic mass is 16.5. The van der Waals surface area contributed by atoms with Crippen molar-refractivity contribution in [2.24, 2.45) is 21.8 Å². The number of benzene rings is 5. The fourth-order valence-corrected chi connectivity index (χ4v) is 5.47. The Balaban J connectivity index is 1.03. The Kier molecular flexibility index (Phi) is 18.5. The van der Waals surface area contributed by atoms with Crippen molar-refractivity contribution < 1.29 is 38.0 Å². The van der Waals surface area contributed by atoms with Crippen molar-refractivity contribution in [3.63, 3.8) is 0 Å². The van der Waals surface area contributed by atoms with Crippen LogP contribution < -0.4 is 18.9 Å². The minimum absolute atomic E-state index is 0.242. The summed E-state index contributed by atoms with van der Waals surface area (Å²) < 4.78 is 34.2. The first-order valence-electron chi connectivity index (χ1n) is 20.7. The van der Waals surface area contributed by atoms with Gasteiger partial charge in [0.1, 0.15) is 23.0 Å². The molecule has 0 bridgehead atoms. The van der Waals surface area contributed by atoms with E-state index in [1.807, 2.05) is 48.5 Å². The quantitative estimate of drug-likeness (QED) is 0.0262. The summed E-state index contributed by atoms with van der Waals surface area (Å²) in [6.45, 7) is 12.7. The van der Waals surface area contributed by atoms with Gasteiger partial charge < -0.3 is 28.4 Å².